The van der Waals surface area contributed by atoms with Crippen molar-refractivity contribution >= 4 is 5.91 Å². The van der Waals surface area contributed by atoms with E-state index >= 15 is 0 Å². The van der Waals surface area contributed by atoms with Gasteiger partial charge in [0.2, 0.25) is 5.91 Å². The molecule has 1 aliphatic carbocycles. The van der Waals surface area contributed by atoms with Gasteiger partial charge in [0.25, 0.3) is 0 Å². The molecule has 1 amide bonds. The molecule has 3 nitrogen and oxygen atoms in total. The molecule has 1 aromatic rings. The molecule has 1 aliphatic rings. The van der Waals surface area contributed by atoms with Crippen molar-refractivity contribution in [2.24, 2.45) is 17.6 Å². The van der Waals surface area contributed by atoms with Gasteiger partial charge in [-0.2, -0.15) is 0 Å². The number of carbonyl (C=O) groups is 1. The van der Waals surface area contributed by atoms with Crippen LogP contribution in [0.1, 0.15) is 44.2 Å². The van der Waals surface area contributed by atoms with Crippen LogP contribution >= 0.6 is 0 Å². The molecular weight excluding hydrogens is 260 g/mol. The maximum Gasteiger partial charge on any atom is 0.223 e. The smallest absolute Gasteiger partial charge is 0.223 e. The van der Waals surface area contributed by atoms with Crippen molar-refractivity contribution in [3.63, 3.8) is 0 Å². The molecule has 0 aliphatic heterocycles. The summed E-state index contributed by atoms with van der Waals surface area (Å²) in [5.41, 5.74) is 8.24. The highest BCUT2D eigenvalue weighted by molar-refractivity contribution is 5.79. The van der Waals surface area contributed by atoms with Gasteiger partial charge in [0, 0.05) is 17.9 Å². The van der Waals surface area contributed by atoms with E-state index in [1.807, 2.05) is 0 Å². The first-order valence-corrected chi connectivity index (χ1v) is 7.99. The van der Waals surface area contributed by atoms with Crippen LogP contribution < -0.4 is 11.1 Å². The molecule has 116 valence electrons. The predicted octanol–water partition coefficient (Wildman–Crippen LogP) is 2.76. The largest absolute Gasteiger partial charge is 0.355 e. The number of amides is 1. The third kappa shape index (κ3) is 3.85. The van der Waals surface area contributed by atoms with Crippen molar-refractivity contribution in [2.75, 3.05) is 13.1 Å². The lowest BCUT2D eigenvalue weighted by Gasteiger charge is -2.27. The minimum absolute atomic E-state index is 0.0570. The second kappa shape index (κ2) is 6.61. The minimum Gasteiger partial charge on any atom is -0.355 e. The van der Waals surface area contributed by atoms with Gasteiger partial charge in [-0.15, -0.1) is 0 Å². The van der Waals surface area contributed by atoms with Crippen LogP contribution in [0.15, 0.2) is 24.3 Å². The Kier molecular flexibility index (Phi) is 5.04. The summed E-state index contributed by atoms with van der Waals surface area (Å²) in [6.07, 6.45) is 3.20. The fourth-order valence-electron chi connectivity index (χ4n) is 3.27. The summed E-state index contributed by atoms with van der Waals surface area (Å²) in [6.45, 7) is 7.75. The first-order chi connectivity index (χ1) is 9.94. The van der Waals surface area contributed by atoms with E-state index in [9.17, 15) is 4.79 Å². The number of nitrogens with two attached hydrogens (primary N) is 1. The van der Waals surface area contributed by atoms with E-state index in [1.165, 1.54) is 11.1 Å². The number of rotatable bonds is 5. The second-order valence-electron chi connectivity index (χ2n) is 7.00. The molecule has 3 heteroatoms. The van der Waals surface area contributed by atoms with Gasteiger partial charge in [0.1, 0.15) is 0 Å². The highest BCUT2D eigenvalue weighted by atomic mass is 16.1. The van der Waals surface area contributed by atoms with Gasteiger partial charge in [-0.25, -0.2) is 0 Å². The zero-order valence-electron chi connectivity index (χ0n) is 13.5. The van der Waals surface area contributed by atoms with E-state index in [0.717, 1.165) is 19.3 Å². The van der Waals surface area contributed by atoms with Gasteiger partial charge in [-0.1, -0.05) is 50.1 Å². The van der Waals surface area contributed by atoms with Gasteiger partial charge >= 0.3 is 0 Å². The minimum atomic E-state index is -0.0570. The molecule has 3 N–H and O–H groups in total. The van der Waals surface area contributed by atoms with Crippen LogP contribution in [0.25, 0.3) is 0 Å². The molecule has 0 spiro atoms. The number of aryl methyl sites for hydroxylation is 1. The molecule has 1 aromatic carbocycles. The lowest BCUT2D eigenvalue weighted by molar-refractivity contribution is -0.126. The number of nitrogens with one attached hydrogen (secondary N) is 1. The molecule has 0 aromatic heterocycles. The van der Waals surface area contributed by atoms with E-state index < -0.39 is 0 Å². The van der Waals surface area contributed by atoms with Gasteiger partial charge in [0.05, 0.1) is 0 Å². The van der Waals surface area contributed by atoms with Crippen LogP contribution in [0, 0.1) is 18.8 Å². The van der Waals surface area contributed by atoms with E-state index in [1.54, 1.807) is 0 Å². The van der Waals surface area contributed by atoms with Crippen molar-refractivity contribution in [1.29, 1.82) is 0 Å². The van der Waals surface area contributed by atoms with Gasteiger partial charge in [0.15, 0.2) is 0 Å². The Bertz CT molecular complexity index is 496. The van der Waals surface area contributed by atoms with E-state index in [0.29, 0.717) is 19.0 Å². The second-order valence-corrected chi connectivity index (χ2v) is 7.00. The number of benzene rings is 1. The van der Waals surface area contributed by atoms with Crippen LogP contribution in [0.2, 0.25) is 0 Å². The molecule has 1 saturated carbocycles. The summed E-state index contributed by atoms with van der Waals surface area (Å²) < 4.78 is 0. The Hall–Kier alpha value is -1.35. The Morgan fingerprint density at radius 2 is 2.14 bits per heavy atom. The quantitative estimate of drug-likeness (QED) is 0.875. The lowest BCUT2D eigenvalue weighted by Crippen LogP contribution is -2.41. The molecule has 0 saturated heterocycles. The highest BCUT2D eigenvalue weighted by Crippen LogP contribution is 2.31. The summed E-state index contributed by atoms with van der Waals surface area (Å²) in [5, 5.41) is 3.15. The van der Waals surface area contributed by atoms with Gasteiger partial charge < -0.3 is 11.1 Å². The van der Waals surface area contributed by atoms with E-state index in [-0.39, 0.29) is 17.2 Å². The molecule has 0 heterocycles. The SMILES string of the molecule is Cc1cccc(C(C)(C)CNC(=O)[C@@H]2CCC[C@@H]2CN)c1. The van der Waals surface area contributed by atoms with Crippen molar-refractivity contribution in [1.82, 2.24) is 5.32 Å². The summed E-state index contributed by atoms with van der Waals surface area (Å²) in [7, 11) is 0. The molecule has 2 rings (SSSR count). The molecule has 0 unspecified atom stereocenters. The van der Waals surface area contributed by atoms with Crippen LogP contribution in [0.3, 0.4) is 0 Å². The fraction of sp³-hybridized carbons (Fsp3) is 0.611. The van der Waals surface area contributed by atoms with Crippen LogP contribution in [0.5, 0.6) is 0 Å². The zero-order valence-corrected chi connectivity index (χ0v) is 13.5. The summed E-state index contributed by atoms with van der Waals surface area (Å²) in [6, 6.07) is 8.51. The lowest BCUT2D eigenvalue weighted by atomic mass is 9.83. The van der Waals surface area contributed by atoms with E-state index in [2.05, 4.69) is 50.4 Å². The van der Waals surface area contributed by atoms with Crippen LogP contribution in [-0.4, -0.2) is 19.0 Å². The summed E-state index contributed by atoms with van der Waals surface area (Å²) in [5.74, 6) is 0.666. The Morgan fingerprint density at radius 1 is 1.38 bits per heavy atom. The average molecular weight is 288 g/mol. The maximum atomic E-state index is 12.4. The first-order valence-electron chi connectivity index (χ1n) is 7.99. The van der Waals surface area contributed by atoms with Gasteiger partial charge in [-0.05, 0) is 37.8 Å². The van der Waals surface area contributed by atoms with E-state index in [4.69, 9.17) is 5.73 Å². The maximum absolute atomic E-state index is 12.4. The number of hydrogen-bond donors (Lipinski definition) is 2. The molecular formula is C18H28N2O. The first kappa shape index (κ1) is 16.0. The summed E-state index contributed by atoms with van der Waals surface area (Å²) >= 11 is 0. The van der Waals surface area contributed by atoms with Crippen molar-refractivity contribution in [3.8, 4) is 0 Å². The third-order valence-corrected chi connectivity index (χ3v) is 4.80. The van der Waals surface area contributed by atoms with Gasteiger partial charge in [-0.3, -0.25) is 4.79 Å². The zero-order chi connectivity index (χ0) is 15.5. The number of hydrogen-bond acceptors (Lipinski definition) is 2. The predicted molar refractivity (Wildman–Crippen MR) is 87.1 cm³/mol. The highest BCUT2D eigenvalue weighted by Gasteiger charge is 2.32. The fourth-order valence-corrected chi connectivity index (χ4v) is 3.27. The van der Waals surface area contributed by atoms with Crippen LogP contribution in [-0.2, 0) is 10.2 Å². The van der Waals surface area contributed by atoms with Crippen LogP contribution in [0.4, 0.5) is 0 Å². The van der Waals surface area contributed by atoms with Crippen molar-refractivity contribution < 1.29 is 4.79 Å². The normalized spacial score (nSPS) is 22.3. The number of carbonyl (C=O) groups excluding carboxylic acids is 1. The molecule has 2 atom stereocenters. The Morgan fingerprint density at radius 3 is 2.81 bits per heavy atom. The molecule has 0 radical (unpaired) electrons. The topological polar surface area (TPSA) is 55.1 Å². The van der Waals surface area contributed by atoms with Crippen molar-refractivity contribution in [2.45, 2.75) is 45.4 Å². The molecule has 1 fully saturated rings. The Labute approximate surface area is 128 Å². The van der Waals surface area contributed by atoms with Crippen molar-refractivity contribution in [3.05, 3.63) is 35.4 Å². The average Bonchev–Trinajstić information content (AvgIpc) is 2.93. The Balaban J connectivity index is 1.96. The third-order valence-electron chi connectivity index (χ3n) is 4.80. The molecule has 0 bridgehead atoms. The monoisotopic (exact) mass is 288 g/mol. The summed E-state index contributed by atoms with van der Waals surface area (Å²) in [4.78, 5) is 12.4. The molecule has 21 heavy (non-hydrogen) atoms. The standard InChI is InChI=1S/C18H28N2O/c1-13-6-4-8-15(10-13)18(2,3)12-20-17(21)16-9-5-7-14(16)11-19/h4,6,8,10,14,16H,5,7,9,11-12,19H2,1-3H3,(H,20,21)/t14-,16-/m1/s1.